The minimum Gasteiger partial charge on any atom is -0.497 e. The van der Waals surface area contributed by atoms with Crippen molar-refractivity contribution in [3.8, 4) is 5.75 Å². The van der Waals surface area contributed by atoms with Crippen LogP contribution in [0.4, 0.5) is 5.69 Å². The van der Waals surface area contributed by atoms with E-state index in [2.05, 4.69) is 16.8 Å². The number of benzene rings is 2. The van der Waals surface area contributed by atoms with Crippen LogP contribution in [-0.2, 0) is 14.6 Å². The van der Waals surface area contributed by atoms with Gasteiger partial charge in [-0.05, 0) is 69.4 Å². The molecular weight excluding hydrogens is 528 g/mol. The number of carbonyl (C=O) groups is 2. The molecule has 9 nitrogen and oxygen atoms in total. The molecule has 0 radical (unpaired) electrons. The molecule has 2 aliphatic heterocycles. The molecule has 0 aromatic heterocycles. The lowest BCUT2D eigenvalue weighted by atomic mass is 10.0. The smallest absolute Gasteiger partial charge is 0.258 e. The Morgan fingerprint density at radius 3 is 2.13 bits per heavy atom. The minimum absolute atomic E-state index is 0. The normalized spacial score (nSPS) is 17.5. The summed E-state index contributed by atoms with van der Waals surface area (Å²) >= 11 is 0. The highest BCUT2D eigenvalue weighted by Gasteiger charge is 2.31. The van der Waals surface area contributed by atoms with Crippen molar-refractivity contribution >= 4 is 39.7 Å². The van der Waals surface area contributed by atoms with E-state index < -0.39 is 15.7 Å². The number of ether oxygens (including phenoxy) is 1. The molecule has 2 aromatic rings. The van der Waals surface area contributed by atoms with E-state index in [0.29, 0.717) is 30.4 Å². The Balaban J connectivity index is 0.00000400. The minimum atomic E-state index is -3.64. The number of likely N-dealkylation sites (tertiary alicyclic amines) is 1. The molecule has 2 heterocycles. The lowest BCUT2D eigenvalue weighted by molar-refractivity contribution is -0.131. The Hall–Kier alpha value is -2.66. The quantitative estimate of drug-likeness (QED) is 0.510. The van der Waals surface area contributed by atoms with Gasteiger partial charge in [0.15, 0.2) is 9.84 Å². The van der Waals surface area contributed by atoms with Crippen LogP contribution in [0.2, 0.25) is 0 Å². The van der Waals surface area contributed by atoms with Crippen molar-refractivity contribution in [2.45, 2.75) is 23.8 Å². The standard InChI is InChI=1S/C27H36N4O5S.ClH/c1-28-14-12-22(13-15-28)29-16-18-30(19-17-29)26(32)20-31(24-6-4-5-7-25(24)37(3,34)35)27(33)21-8-10-23(36-2)11-9-21;/h4-11,22H,12-20H2,1-3H3;1H. The van der Waals surface area contributed by atoms with Crippen LogP contribution in [0, 0.1) is 0 Å². The fraction of sp³-hybridized carbons (Fsp3) is 0.481. The summed E-state index contributed by atoms with van der Waals surface area (Å²) in [4.78, 5) is 35.0. The molecular formula is C27H37ClN4O5S. The van der Waals surface area contributed by atoms with Gasteiger partial charge in [-0.3, -0.25) is 19.4 Å². The van der Waals surface area contributed by atoms with Crippen molar-refractivity contribution in [1.29, 1.82) is 0 Å². The highest BCUT2D eigenvalue weighted by atomic mass is 35.5. The van der Waals surface area contributed by atoms with Crippen molar-refractivity contribution in [3.63, 3.8) is 0 Å². The van der Waals surface area contributed by atoms with Crippen LogP contribution >= 0.6 is 12.4 Å². The third-order valence-electron chi connectivity index (χ3n) is 7.30. The van der Waals surface area contributed by atoms with Crippen LogP contribution in [0.25, 0.3) is 0 Å². The first-order valence-corrected chi connectivity index (χ1v) is 14.5. The molecule has 11 heteroatoms. The van der Waals surface area contributed by atoms with Gasteiger partial charge in [-0.2, -0.15) is 0 Å². The van der Waals surface area contributed by atoms with E-state index in [4.69, 9.17) is 4.74 Å². The predicted octanol–water partition coefficient (Wildman–Crippen LogP) is 2.41. The molecule has 2 fully saturated rings. The number of halogens is 1. The first kappa shape index (κ1) is 29.9. The lowest BCUT2D eigenvalue weighted by Gasteiger charge is -2.42. The zero-order valence-corrected chi connectivity index (χ0v) is 23.8. The molecule has 4 rings (SSSR count). The molecule has 38 heavy (non-hydrogen) atoms. The van der Waals surface area contributed by atoms with Gasteiger partial charge in [-0.1, -0.05) is 12.1 Å². The molecule has 0 N–H and O–H groups in total. The molecule has 2 saturated heterocycles. The van der Waals surface area contributed by atoms with Crippen molar-refractivity contribution in [2.24, 2.45) is 0 Å². The number of sulfone groups is 1. The first-order chi connectivity index (χ1) is 17.7. The second-order valence-electron chi connectivity index (χ2n) is 9.81. The third kappa shape index (κ3) is 7.05. The van der Waals surface area contributed by atoms with Crippen LogP contribution in [0.1, 0.15) is 23.2 Å². The van der Waals surface area contributed by atoms with Crippen LogP contribution in [0.15, 0.2) is 53.4 Å². The Kier molecular flexibility index (Phi) is 10.2. The molecule has 0 unspecified atom stereocenters. The van der Waals surface area contributed by atoms with Crippen LogP contribution in [0.5, 0.6) is 5.75 Å². The number of piperidine rings is 1. The second-order valence-corrected chi connectivity index (χ2v) is 11.8. The summed E-state index contributed by atoms with van der Waals surface area (Å²) in [5, 5.41) is 0. The van der Waals surface area contributed by atoms with Crippen LogP contribution in [-0.4, -0.2) is 107 Å². The Morgan fingerprint density at radius 2 is 1.55 bits per heavy atom. The number of carbonyl (C=O) groups excluding carboxylic acids is 2. The fourth-order valence-corrected chi connectivity index (χ4v) is 5.97. The van der Waals surface area contributed by atoms with E-state index in [0.717, 1.165) is 45.3 Å². The average molecular weight is 565 g/mol. The number of methoxy groups -OCH3 is 1. The summed E-state index contributed by atoms with van der Waals surface area (Å²) < 4.78 is 30.3. The first-order valence-electron chi connectivity index (χ1n) is 12.6. The number of piperazine rings is 1. The summed E-state index contributed by atoms with van der Waals surface area (Å²) in [5.74, 6) is -0.0524. The van der Waals surface area contributed by atoms with E-state index in [1.165, 1.54) is 18.1 Å². The van der Waals surface area contributed by atoms with Gasteiger partial charge in [-0.15, -0.1) is 12.4 Å². The fourth-order valence-electron chi connectivity index (χ4n) is 5.08. The van der Waals surface area contributed by atoms with Gasteiger partial charge in [0.05, 0.1) is 17.7 Å². The third-order valence-corrected chi connectivity index (χ3v) is 8.45. The van der Waals surface area contributed by atoms with E-state index in [9.17, 15) is 18.0 Å². The molecule has 2 aliphatic rings. The summed E-state index contributed by atoms with van der Waals surface area (Å²) in [6.07, 6.45) is 3.37. The van der Waals surface area contributed by atoms with Crippen LogP contribution in [0.3, 0.4) is 0 Å². The number of hydrogen-bond acceptors (Lipinski definition) is 7. The second kappa shape index (κ2) is 12.9. The van der Waals surface area contributed by atoms with Crippen molar-refractivity contribution < 1.29 is 22.7 Å². The highest BCUT2D eigenvalue weighted by molar-refractivity contribution is 7.90. The number of amides is 2. The topological polar surface area (TPSA) is 90.5 Å². The van der Waals surface area contributed by atoms with Gasteiger partial charge in [0.1, 0.15) is 12.3 Å². The van der Waals surface area contributed by atoms with Crippen molar-refractivity contribution in [1.82, 2.24) is 14.7 Å². The zero-order chi connectivity index (χ0) is 26.6. The van der Waals surface area contributed by atoms with Gasteiger partial charge in [0, 0.05) is 44.0 Å². The molecule has 0 saturated carbocycles. The van der Waals surface area contributed by atoms with Gasteiger partial charge in [0.25, 0.3) is 5.91 Å². The van der Waals surface area contributed by atoms with Gasteiger partial charge < -0.3 is 14.5 Å². The number of anilines is 1. The predicted molar refractivity (Wildman–Crippen MR) is 150 cm³/mol. The molecule has 208 valence electrons. The van der Waals surface area contributed by atoms with Crippen molar-refractivity contribution in [2.75, 3.05) is 71.1 Å². The number of rotatable bonds is 7. The maximum Gasteiger partial charge on any atom is 0.258 e. The Labute approximate surface area is 231 Å². The van der Waals surface area contributed by atoms with E-state index >= 15 is 0 Å². The van der Waals surface area contributed by atoms with E-state index in [1.54, 1.807) is 47.4 Å². The highest BCUT2D eigenvalue weighted by Crippen LogP contribution is 2.27. The Morgan fingerprint density at radius 1 is 0.947 bits per heavy atom. The summed E-state index contributed by atoms with van der Waals surface area (Å²) in [7, 11) is 0.0468. The molecule has 2 aromatic carbocycles. The maximum atomic E-state index is 13.6. The number of para-hydroxylation sites is 1. The van der Waals surface area contributed by atoms with E-state index in [-0.39, 0.29) is 35.4 Å². The molecule has 0 aliphatic carbocycles. The largest absolute Gasteiger partial charge is 0.497 e. The number of nitrogens with zero attached hydrogens (tertiary/aromatic N) is 4. The van der Waals surface area contributed by atoms with Crippen molar-refractivity contribution in [3.05, 3.63) is 54.1 Å². The summed E-state index contributed by atoms with van der Waals surface area (Å²) in [6, 6.07) is 13.4. The molecule has 0 atom stereocenters. The lowest BCUT2D eigenvalue weighted by Crippen LogP contribution is -2.55. The molecule has 0 bridgehead atoms. The molecule has 2 amide bonds. The number of hydrogen-bond donors (Lipinski definition) is 0. The monoisotopic (exact) mass is 564 g/mol. The van der Waals surface area contributed by atoms with Gasteiger partial charge in [0.2, 0.25) is 5.91 Å². The zero-order valence-electron chi connectivity index (χ0n) is 22.2. The van der Waals surface area contributed by atoms with E-state index in [1.807, 2.05) is 0 Å². The summed E-state index contributed by atoms with van der Waals surface area (Å²) in [5.41, 5.74) is 0.535. The maximum absolute atomic E-state index is 13.6. The average Bonchev–Trinajstić information content (AvgIpc) is 2.91. The summed E-state index contributed by atoms with van der Waals surface area (Å²) in [6.45, 7) is 4.70. The molecule has 0 spiro atoms. The Bertz CT molecular complexity index is 1210. The van der Waals surface area contributed by atoms with Crippen LogP contribution < -0.4 is 9.64 Å². The van der Waals surface area contributed by atoms with Gasteiger partial charge >= 0.3 is 0 Å². The van der Waals surface area contributed by atoms with Gasteiger partial charge in [-0.25, -0.2) is 8.42 Å². The SMILES string of the molecule is COc1ccc(C(=O)N(CC(=O)N2CCN(C3CCN(C)CC3)CC2)c2ccccc2S(C)(=O)=O)cc1.Cl.